The molecule has 1 heterocycles. The normalized spacial score (nSPS) is 21.9. The summed E-state index contributed by atoms with van der Waals surface area (Å²) in [5.41, 5.74) is 0.227. The van der Waals surface area contributed by atoms with E-state index >= 15 is 0 Å². The highest BCUT2D eigenvalue weighted by Gasteiger charge is 2.25. The van der Waals surface area contributed by atoms with E-state index in [2.05, 4.69) is 56.7 Å². The Balaban J connectivity index is 2.45. The molecule has 0 aliphatic carbocycles. The maximum Gasteiger partial charge on any atom is 0.0221 e. The highest BCUT2D eigenvalue weighted by Crippen LogP contribution is 2.14. The molecule has 1 aliphatic heterocycles. The lowest BCUT2D eigenvalue weighted by Crippen LogP contribution is -2.55. The lowest BCUT2D eigenvalue weighted by atomic mass is 10.0. The Kier molecular flexibility index (Phi) is 7.49. The molecule has 1 aliphatic rings. The first-order valence-corrected chi connectivity index (χ1v) is 8.60. The zero-order chi connectivity index (χ0) is 15.2. The molecule has 120 valence electrons. The summed E-state index contributed by atoms with van der Waals surface area (Å²) in [4.78, 5) is 5.36. The number of piperazine rings is 1. The van der Waals surface area contributed by atoms with Crippen molar-refractivity contribution in [1.29, 1.82) is 0 Å². The molecular weight excluding hydrogens is 246 g/mol. The molecule has 0 saturated carbocycles. The van der Waals surface area contributed by atoms with Crippen LogP contribution in [0.4, 0.5) is 0 Å². The van der Waals surface area contributed by atoms with Gasteiger partial charge in [-0.15, -0.1) is 0 Å². The standard InChI is InChI=1S/C17H37N3/c1-7-9-16(14-18-17(4,5)6)20-12-10-19(11-13-20)15(3)8-2/h15-16,18H,7-14H2,1-6H3. The Labute approximate surface area is 127 Å². The molecule has 1 fully saturated rings. The highest BCUT2D eigenvalue weighted by atomic mass is 15.3. The van der Waals surface area contributed by atoms with Gasteiger partial charge < -0.3 is 5.32 Å². The summed E-state index contributed by atoms with van der Waals surface area (Å²) in [6.07, 6.45) is 3.86. The van der Waals surface area contributed by atoms with E-state index in [1.54, 1.807) is 0 Å². The summed E-state index contributed by atoms with van der Waals surface area (Å²) in [6, 6.07) is 1.45. The van der Waals surface area contributed by atoms with Crippen LogP contribution in [0.1, 0.15) is 60.8 Å². The quantitative estimate of drug-likeness (QED) is 0.775. The van der Waals surface area contributed by atoms with Gasteiger partial charge in [0.05, 0.1) is 0 Å². The van der Waals surface area contributed by atoms with Crippen molar-refractivity contribution in [3.05, 3.63) is 0 Å². The van der Waals surface area contributed by atoms with Crippen molar-refractivity contribution in [3.63, 3.8) is 0 Å². The van der Waals surface area contributed by atoms with Crippen LogP contribution in [0.2, 0.25) is 0 Å². The van der Waals surface area contributed by atoms with E-state index in [0.29, 0.717) is 6.04 Å². The third kappa shape index (κ3) is 6.11. The molecule has 2 unspecified atom stereocenters. The lowest BCUT2D eigenvalue weighted by molar-refractivity contribution is 0.0668. The van der Waals surface area contributed by atoms with Crippen LogP contribution < -0.4 is 5.32 Å². The number of hydrogen-bond acceptors (Lipinski definition) is 3. The number of nitrogens with one attached hydrogen (secondary N) is 1. The molecule has 0 aromatic heterocycles. The van der Waals surface area contributed by atoms with Crippen molar-refractivity contribution in [3.8, 4) is 0 Å². The molecule has 0 aromatic rings. The molecule has 20 heavy (non-hydrogen) atoms. The first-order chi connectivity index (χ1) is 9.37. The van der Waals surface area contributed by atoms with Crippen LogP contribution in [0, 0.1) is 0 Å². The minimum Gasteiger partial charge on any atom is -0.311 e. The van der Waals surface area contributed by atoms with E-state index in [1.165, 1.54) is 45.4 Å². The summed E-state index contributed by atoms with van der Waals surface area (Å²) in [5, 5.41) is 3.69. The van der Waals surface area contributed by atoms with Gasteiger partial charge in [0.2, 0.25) is 0 Å². The summed E-state index contributed by atoms with van der Waals surface area (Å²) in [5.74, 6) is 0. The molecule has 2 atom stereocenters. The minimum atomic E-state index is 0.227. The second kappa shape index (κ2) is 8.35. The molecule has 3 nitrogen and oxygen atoms in total. The van der Waals surface area contributed by atoms with Crippen molar-refractivity contribution in [2.75, 3.05) is 32.7 Å². The van der Waals surface area contributed by atoms with E-state index in [0.717, 1.165) is 12.6 Å². The van der Waals surface area contributed by atoms with Crippen LogP contribution in [-0.2, 0) is 0 Å². The highest BCUT2D eigenvalue weighted by molar-refractivity contribution is 4.83. The summed E-state index contributed by atoms with van der Waals surface area (Å²) < 4.78 is 0. The average molecular weight is 284 g/mol. The van der Waals surface area contributed by atoms with Crippen LogP contribution in [0.5, 0.6) is 0 Å². The Hall–Kier alpha value is -0.120. The van der Waals surface area contributed by atoms with Crippen molar-refractivity contribution < 1.29 is 0 Å². The van der Waals surface area contributed by atoms with Gasteiger partial charge in [0.15, 0.2) is 0 Å². The zero-order valence-corrected chi connectivity index (χ0v) is 14.7. The summed E-state index contributed by atoms with van der Waals surface area (Å²) in [7, 11) is 0. The van der Waals surface area contributed by atoms with Crippen molar-refractivity contribution in [2.45, 2.75) is 78.4 Å². The van der Waals surface area contributed by atoms with Crippen LogP contribution in [0.3, 0.4) is 0 Å². The fourth-order valence-corrected chi connectivity index (χ4v) is 2.97. The minimum absolute atomic E-state index is 0.227. The van der Waals surface area contributed by atoms with Gasteiger partial charge in [0.1, 0.15) is 0 Å². The van der Waals surface area contributed by atoms with Gasteiger partial charge in [-0.2, -0.15) is 0 Å². The first kappa shape index (κ1) is 17.9. The largest absolute Gasteiger partial charge is 0.311 e. The van der Waals surface area contributed by atoms with Gasteiger partial charge in [-0.25, -0.2) is 0 Å². The smallest absolute Gasteiger partial charge is 0.0221 e. The van der Waals surface area contributed by atoms with E-state index in [-0.39, 0.29) is 5.54 Å². The van der Waals surface area contributed by atoms with E-state index < -0.39 is 0 Å². The molecule has 0 radical (unpaired) electrons. The topological polar surface area (TPSA) is 18.5 Å². The van der Waals surface area contributed by atoms with Crippen LogP contribution in [0.25, 0.3) is 0 Å². The molecule has 1 saturated heterocycles. The average Bonchev–Trinajstić information content (AvgIpc) is 2.42. The molecule has 0 spiro atoms. The van der Waals surface area contributed by atoms with E-state index in [4.69, 9.17) is 0 Å². The first-order valence-electron chi connectivity index (χ1n) is 8.60. The van der Waals surface area contributed by atoms with E-state index in [1.807, 2.05) is 0 Å². The molecule has 0 amide bonds. The summed E-state index contributed by atoms with van der Waals surface area (Å²) >= 11 is 0. The molecular formula is C17H37N3. The Morgan fingerprint density at radius 3 is 2.00 bits per heavy atom. The third-order valence-electron chi connectivity index (χ3n) is 4.57. The van der Waals surface area contributed by atoms with Crippen molar-refractivity contribution in [1.82, 2.24) is 15.1 Å². The molecule has 0 bridgehead atoms. The maximum atomic E-state index is 3.69. The number of hydrogen-bond donors (Lipinski definition) is 1. The van der Waals surface area contributed by atoms with Gasteiger partial charge in [-0.1, -0.05) is 20.3 Å². The summed E-state index contributed by atoms with van der Waals surface area (Å²) in [6.45, 7) is 19.8. The van der Waals surface area contributed by atoms with E-state index in [9.17, 15) is 0 Å². The molecule has 1 N–H and O–H groups in total. The predicted molar refractivity (Wildman–Crippen MR) is 89.4 cm³/mol. The Morgan fingerprint density at radius 1 is 1.00 bits per heavy atom. The maximum absolute atomic E-state index is 3.69. The SMILES string of the molecule is CCCC(CNC(C)(C)C)N1CCN(C(C)CC)CC1. The predicted octanol–water partition coefficient (Wildman–Crippen LogP) is 2.96. The van der Waals surface area contributed by atoms with Gasteiger partial charge in [-0.05, 0) is 40.5 Å². The number of rotatable bonds is 7. The van der Waals surface area contributed by atoms with Gasteiger partial charge >= 0.3 is 0 Å². The Morgan fingerprint density at radius 2 is 1.55 bits per heavy atom. The van der Waals surface area contributed by atoms with Crippen LogP contribution in [0.15, 0.2) is 0 Å². The fraction of sp³-hybridized carbons (Fsp3) is 1.00. The molecule has 3 heteroatoms. The van der Waals surface area contributed by atoms with Gasteiger partial charge in [0.25, 0.3) is 0 Å². The third-order valence-corrected chi connectivity index (χ3v) is 4.57. The lowest BCUT2D eigenvalue weighted by Gasteiger charge is -2.42. The zero-order valence-electron chi connectivity index (χ0n) is 14.7. The monoisotopic (exact) mass is 283 g/mol. The molecule has 1 rings (SSSR count). The van der Waals surface area contributed by atoms with Crippen LogP contribution >= 0.6 is 0 Å². The second-order valence-corrected chi connectivity index (χ2v) is 7.40. The molecule has 0 aromatic carbocycles. The fourth-order valence-electron chi connectivity index (χ4n) is 2.97. The van der Waals surface area contributed by atoms with Crippen molar-refractivity contribution >= 4 is 0 Å². The van der Waals surface area contributed by atoms with Gasteiger partial charge in [-0.3, -0.25) is 9.80 Å². The van der Waals surface area contributed by atoms with Crippen LogP contribution in [-0.4, -0.2) is 60.1 Å². The van der Waals surface area contributed by atoms with Gasteiger partial charge in [0, 0.05) is 50.3 Å². The number of nitrogens with zero attached hydrogens (tertiary/aromatic N) is 2. The van der Waals surface area contributed by atoms with Crippen molar-refractivity contribution in [2.24, 2.45) is 0 Å². The Bertz CT molecular complexity index is 251. The second-order valence-electron chi connectivity index (χ2n) is 7.40.